The summed E-state index contributed by atoms with van der Waals surface area (Å²) in [5, 5.41) is 9.83. The number of aliphatic hydroxyl groups excluding tert-OH is 1. The molecule has 176 valence electrons. The lowest BCUT2D eigenvalue weighted by Crippen LogP contribution is -2.39. The number of ketones is 1. The SMILES string of the molecule is COc1ccccc1S(=O)(=O)Nc1cc(OC2CCC(O)CC2)c2c(c1)C1(CCC1)C(=O)C2. The van der Waals surface area contributed by atoms with E-state index in [4.69, 9.17) is 9.47 Å². The molecule has 0 aromatic heterocycles. The average Bonchev–Trinajstić information content (AvgIpc) is 3.07. The van der Waals surface area contributed by atoms with Gasteiger partial charge in [0.15, 0.2) is 0 Å². The molecule has 2 aromatic carbocycles. The van der Waals surface area contributed by atoms with E-state index in [1.807, 2.05) is 6.07 Å². The number of carbonyl (C=O) groups excluding carboxylic acids is 1. The fourth-order valence-corrected chi connectivity index (χ4v) is 6.58. The normalized spacial score (nSPS) is 23.6. The standard InChI is InChI=1S/C25H29NO6S/c1-31-21-5-2-3-6-23(21)33(29,30)26-16-13-20-19(15-24(28)25(20)11-4-12-25)22(14-16)32-18-9-7-17(27)8-10-18/h2-3,5-6,13-14,17-18,26-27H,4,7-12,15H2,1H3. The van der Waals surface area contributed by atoms with Gasteiger partial charge in [0.25, 0.3) is 10.0 Å². The average molecular weight is 472 g/mol. The Bertz CT molecular complexity index is 1180. The molecule has 2 saturated carbocycles. The van der Waals surface area contributed by atoms with Crippen molar-refractivity contribution in [1.82, 2.24) is 0 Å². The van der Waals surface area contributed by atoms with E-state index in [0.29, 0.717) is 30.7 Å². The highest BCUT2D eigenvalue weighted by atomic mass is 32.2. The summed E-state index contributed by atoms with van der Waals surface area (Å²) < 4.78 is 40.7. The number of methoxy groups -OCH3 is 1. The van der Waals surface area contributed by atoms with Crippen LogP contribution in [0.1, 0.15) is 56.1 Å². The number of ether oxygens (including phenoxy) is 2. The molecule has 7 nitrogen and oxygen atoms in total. The largest absolute Gasteiger partial charge is 0.495 e. The van der Waals surface area contributed by atoms with Crippen LogP contribution in [0, 0.1) is 0 Å². The number of hydrogen-bond donors (Lipinski definition) is 2. The quantitative estimate of drug-likeness (QED) is 0.666. The third kappa shape index (κ3) is 3.89. The summed E-state index contributed by atoms with van der Waals surface area (Å²) in [6, 6.07) is 9.97. The van der Waals surface area contributed by atoms with Gasteiger partial charge >= 0.3 is 0 Å². The van der Waals surface area contributed by atoms with Crippen LogP contribution in [0.4, 0.5) is 5.69 Å². The van der Waals surface area contributed by atoms with Gasteiger partial charge in [0.2, 0.25) is 0 Å². The molecule has 2 N–H and O–H groups in total. The van der Waals surface area contributed by atoms with Gasteiger partial charge in [-0.2, -0.15) is 0 Å². The van der Waals surface area contributed by atoms with E-state index in [2.05, 4.69) is 4.72 Å². The van der Waals surface area contributed by atoms with Crippen molar-refractivity contribution in [2.75, 3.05) is 11.8 Å². The predicted molar refractivity (Wildman–Crippen MR) is 123 cm³/mol. The van der Waals surface area contributed by atoms with Gasteiger partial charge in [-0.15, -0.1) is 0 Å². The number of rotatable bonds is 6. The van der Waals surface area contributed by atoms with E-state index in [0.717, 1.165) is 43.2 Å². The summed E-state index contributed by atoms with van der Waals surface area (Å²) in [7, 11) is -2.49. The van der Waals surface area contributed by atoms with Crippen molar-refractivity contribution in [3.63, 3.8) is 0 Å². The summed E-state index contributed by atoms with van der Waals surface area (Å²) in [5.41, 5.74) is 1.64. The minimum absolute atomic E-state index is 0.0474. The molecule has 0 saturated heterocycles. The second kappa shape index (κ2) is 8.33. The summed E-state index contributed by atoms with van der Waals surface area (Å²) in [5.74, 6) is 1.02. The van der Waals surface area contributed by atoms with E-state index in [-0.39, 0.29) is 28.6 Å². The molecule has 0 amide bonds. The maximum atomic E-state index is 13.2. The zero-order valence-corrected chi connectivity index (χ0v) is 19.5. The number of Topliss-reactive ketones (excluding diaryl/α,β-unsaturated/α-hetero) is 1. The summed E-state index contributed by atoms with van der Waals surface area (Å²) in [4.78, 5) is 13.0. The summed E-state index contributed by atoms with van der Waals surface area (Å²) in [6.45, 7) is 0. The van der Waals surface area contributed by atoms with Crippen molar-refractivity contribution in [2.45, 2.75) is 73.9 Å². The predicted octanol–water partition coefficient (Wildman–Crippen LogP) is 3.73. The number of hydrogen-bond acceptors (Lipinski definition) is 6. The van der Waals surface area contributed by atoms with Crippen LogP contribution in [-0.2, 0) is 26.7 Å². The van der Waals surface area contributed by atoms with Crippen LogP contribution in [0.25, 0.3) is 0 Å². The van der Waals surface area contributed by atoms with Gasteiger partial charge < -0.3 is 14.6 Å². The highest BCUT2D eigenvalue weighted by molar-refractivity contribution is 7.92. The molecule has 1 spiro atoms. The number of para-hydroxylation sites is 1. The number of fused-ring (bicyclic) bond motifs is 2. The van der Waals surface area contributed by atoms with Crippen LogP contribution in [0.5, 0.6) is 11.5 Å². The smallest absolute Gasteiger partial charge is 0.265 e. The van der Waals surface area contributed by atoms with E-state index in [1.54, 1.807) is 24.3 Å². The molecule has 0 atom stereocenters. The molecular formula is C25H29NO6S. The lowest BCUT2D eigenvalue weighted by molar-refractivity contribution is -0.125. The highest BCUT2D eigenvalue weighted by Crippen LogP contribution is 2.53. The summed E-state index contributed by atoms with van der Waals surface area (Å²) >= 11 is 0. The van der Waals surface area contributed by atoms with Crippen LogP contribution in [0.3, 0.4) is 0 Å². The van der Waals surface area contributed by atoms with Gasteiger partial charge in [-0.25, -0.2) is 8.42 Å². The molecular weight excluding hydrogens is 442 g/mol. The fourth-order valence-electron chi connectivity index (χ4n) is 5.37. The lowest BCUT2D eigenvalue weighted by atomic mass is 9.64. The van der Waals surface area contributed by atoms with Crippen LogP contribution in [-0.4, -0.2) is 38.6 Å². The number of aliphatic hydroxyl groups is 1. The fraction of sp³-hybridized carbons (Fsp3) is 0.480. The molecule has 2 aromatic rings. The molecule has 0 aliphatic heterocycles. The van der Waals surface area contributed by atoms with Crippen molar-refractivity contribution in [1.29, 1.82) is 0 Å². The Morgan fingerprint density at radius 1 is 1.06 bits per heavy atom. The molecule has 2 fully saturated rings. The van der Waals surface area contributed by atoms with Gasteiger partial charge in [0.05, 0.1) is 30.4 Å². The Kier molecular flexibility index (Phi) is 5.61. The van der Waals surface area contributed by atoms with E-state index >= 15 is 0 Å². The molecule has 0 bridgehead atoms. The Morgan fingerprint density at radius 3 is 2.45 bits per heavy atom. The van der Waals surface area contributed by atoms with Crippen LogP contribution in [0.2, 0.25) is 0 Å². The molecule has 5 rings (SSSR count). The van der Waals surface area contributed by atoms with Crippen molar-refractivity contribution in [2.24, 2.45) is 0 Å². The van der Waals surface area contributed by atoms with Gasteiger partial charge in [0, 0.05) is 18.1 Å². The minimum atomic E-state index is -3.92. The Hall–Kier alpha value is -2.58. The van der Waals surface area contributed by atoms with Crippen LogP contribution >= 0.6 is 0 Å². The Morgan fingerprint density at radius 2 is 1.79 bits per heavy atom. The van der Waals surface area contributed by atoms with Crippen molar-refractivity contribution < 1.29 is 27.8 Å². The second-order valence-corrected chi connectivity index (χ2v) is 11.0. The topological polar surface area (TPSA) is 102 Å². The maximum absolute atomic E-state index is 13.2. The lowest BCUT2D eigenvalue weighted by Gasteiger charge is -2.38. The van der Waals surface area contributed by atoms with Crippen molar-refractivity contribution in [3.05, 3.63) is 47.5 Å². The highest BCUT2D eigenvalue weighted by Gasteiger charge is 2.51. The van der Waals surface area contributed by atoms with Gasteiger partial charge in [-0.1, -0.05) is 18.6 Å². The Labute approximate surface area is 194 Å². The van der Waals surface area contributed by atoms with Crippen molar-refractivity contribution >= 4 is 21.5 Å². The maximum Gasteiger partial charge on any atom is 0.265 e. The first-order chi connectivity index (χ1) is 15.8. The molecule has 0 unspecified atom stereocenters. The third-order valence-electron chi connectivity index (χ3n) is 7.35. The molecule has 0 radical (unpaired) electrons. The second-order valence-electron chi connectivity index (χ2n) is 9.34. The first-order valence-electron chi connectivity index (χ1n) is 11.5. The van der Waals surface area contributed by atoms with Crippen LogP contribution in [0.15, 0.2) is 41.3 Å². The number of anilines is 1. The third-order valence-corrected chi connectivity index (χ3v) is 8.77. The monoisotopic (exact) mass is 471 g/mol. The number of nitrogens with one attached hydrogen (secondary N) is 1. The number of sulfonamides is 1. The zero-order chi connectivity index (χ0) is 23.2. The minimum Gasteiger partial charge on any atom is -0.495 e. The zero-order valence-electron chi connectivity index (χ0n) is 18.7. The van der Waals surface area contributed by atoms with E-state index < -0.39 is 15.4 Å². The first kappa shape index (κ1) is 22.2. The van der Waals surface area contributed by atoms with Gasteiger partial charge in [-0.05, 0) is 62.3 Å². The van der Waals surface area contributed by atoms with Gasteiger partial charge in [0.1, 0.15) is 22.2 Å². The molecule has 33 heavy (non-hydrogen) atoms. The van der Waals surface area contributed by atoms with Crippen LogP contribution < -0.4 is 14.2 Å². The molecule has 3 aliphatic carbocycles. The molecule has 8 heteroatoms. The summed E-state index contributed by atoms with van der Waals surface area (Å²) in [6.07, 6.45) is 5.33. The van der Waals surface area contributed by atoms with Crippen molar-refractivity contribution in [3.8, 4) is 11.5 Å². The van der Waals surface area contributed by atoms with Gasteiger partial charge in [-0.3, -0.25) is 9.52 Å². The molecule has 0 heterocycles. The Balaban J connectivity index is 1.52. The van der Waals surface area contributed by atoms with E-state index in [1.165, 1.54) is 13.2 Å². The number of carbonyl (C=O) groups is 1. The molecule has 3 aliphatic rings. The number of benzene rings is 2. The van der Waals surface area contributed by atoms with E-state index in [9.17, 15) is 18.3 Å². The first-order valence-corrected chi connectivity index (χ1v) is 13.0.